The molecule has 7 aliphatic rings. The fourth-order valence-electron chi connectivity index (χ4n) is 12.8. The van der Waals surface area contributed by atoms with Crippen LogP contribution in [0, 0.1) is 46.8 Å². The zero-order valence-electron chi connectivity index (χ0n) is 32.0. The van der Waals surface area contributed by atoms with E-state index < -0.39 is 111 Å². The first-order valence-electron chi connectivity index (χ1n) is 19.7. The normalized spacial score (nSPS) is 52.2. The number of ether oxygens (including phenoxy) is 4. The highest BCUT2D eigenvalue weighted by molar-refractivity contribution is 5.79. The summed E-state index contributed by atoms with van der Waals surface area (Å²) in [5.74, 6) is -8.04. The first kappa shape index (κ1) is 38.4. The van der Waals surface area contributed by atoms with Gasteiger partial charge in [-0.2, -0.15) is 0 Å². The lowest BCUT2D eigenvalue weighted by Gasteiger charge is -2.64. The highest BCUT2D eigenvalue weighted by Crippen LogP contribution is 2.77. The molecule has 294 valence electrons. The average Bonchev–Trinajstić information content (AvgIpc) is 3.34. The van der Waals surface area contributed by atoms with Crippen LogP contribution in [-0.4, -0.2) is 120 Å². The van der Waals surface area contributed by atoms with Crippen LogP contribution in [0.4, 0.5) is 0 Å². The maximum absolute atomic E-state index is 13.7. The summed E-state index contributed by atoms with van der Waals surface area (Å²) in [4.78, 5) is 42.0. The molecule has 4 bridgehead atoms. The van der Waals surface area contributed by atoms with E-state index in [0.29, 0.717) is 25.3 Å². The van der Waals surface area contributed by atoms with E-state index in [9.17, 15) is 39.9 Å². The van der Waals surface area contributed by atoms with Crippen LogP contribution in [0.1, 0.15) is 107 Å². The number of esters is 3. The molecule has 0 radical (unpaired) electrons. The van der Waals surface area contributed by atoms with E-state index in [1.54, 1.807) is 20.8 Å². The third-order valence-electron chi connectivity index (χ3n) is 15.7. The Morgan fingerprint density at radius 1 is 1.04 bits per heavy atom. The van der Waals surface area contributed by atoms with E-state index in [0.717, 1.165) is 19.4 Å². The van der Waals surface area contributed by atoms with Crippen molar-refractivity contribution in [2.45, 2.75) is 165 Å². The van der Waals surface area contributed by atoms with Crippen LogP contribution < -0.4 is 0 Å². The van der Waals surface area contributed by atoms with Gasteiger partial charge in [0.2, 0.25) is 5.79 Å². The maximum Gasteiger partial charge on any atom is 0.338 e. The van der Waals surface area contributed by atoms with Crippen molar-refractivity contribution in [1.82, 2.24) is 4.90 Å². The Kier molecular flexibility index (Phi) is 9.10. The topological polar surface area (TPSA) is 193 Å². The zero-order valence-corrected chi connectivity index (χ0v) is 32.0. The van der Waals surface area contributed by atoms with Gasteiger partial charge < -0.3 is 44.5 Å². The summed E-state index contributed by atoms with van der Waals surface area (Å²) in [5, 5.41) is 62.1. The minimum atomic E-state index is -2.06. The highest BCUT2D eigenvalue weighted by Gasteiger charge is 2.87. The second kappa shape index (κ2) is 12.3. The van der Waals surface area contributed by atoms with Crippen LogP contribution in [0.3, 0.4) is 0 Å². The van der Waals surface area contributed by atoms with E-state index in [4.69, 9.17) is 18.9 Å². The average molecular weight is 736 g/mol. The number of hydrogen-bond acceptors (Lipinski definition) is 13. The lowest BCUT2D eigenvalue weighted by molar-refractivity contribution is -0.300. The van der Waals surface area contributed by atoms with Gasteiger partial charge in [-0.1, -0.05) is 34.6 Å². The summed E-state index contributed by atoms with van der Waals surface area (Å²) in [6.07, 6.45) is -2.10. The fourth-order valence-corrected chi connectivity index (χ4v) is 12.8. The van der Waals surface area contributed by atoms with E-state index in [1.165, 1.54) is 13.8 Å². The van der Waals surface area contributed by atoms with Gasteiger partial charge in [-0.25, -0.2) is 4.79 Å². The van der Waals surface area contributed by atoms with Gasteiger partial charge in [0.1, 0.15) is 11.7 Å². The number of aliphatic hydroxyl groups is 5. The lowest BCUT2D eigenvalue weighted by Crippen LogP contribution is -2.77. The number of hydrogen-bond donors (Lipinski definition) is 5. The van der Waals surface area contributed by atoms with Crippen molar-refractivity contribution in [3.8, 4) is 0 Å². The van der Waals surface area contributed by atoms with Crippen LogP contribution in [0.15, 0.2) is 0 Å². The van der Waals surface area contributed by atoms with E-state index in [2.05, 4.69) is 11.8 Å². The van der Waals surface area contributed by atoms with Gasteiger partial charge >= 0.3 is 17.9 Å². The number of fused-ring (bicyclic) bond motifs is 5. The number of carbonyl (C=O) groups excluding carboxylic acids is 3. The van der Waals surface area contributed by atoms with Gasteiger partial charge in [0, 0.05) is 43.3 Å². The molecule has 3 heterocycles. The third kappa shape index (κ3) is 5.01. The minimum Gasteiger partial charge on any atom is -0.462 e. The minimum absolute atomic E-state index is 0.0475. The van der Waals surface area contributed by atoms with Crippen LogP contribution >= 0.6 is 0 Å². The van der Waals surface area contributed by atoms with Crippen LogP contribution in [0.2, 0.25) is 0 Å². The molecule has 3 aliphatic heterocycles. The van der Waals surface area contributed by atoms with Gasteiger partial charge in [0.15, 0.2) is 17.8 Å². The number of aliphatic hydroxyl groups excluding tert-OH is 1. The number of piperidine rings is 2. The number of nitrogens with zero attached hydrogens (tertiary/aromatic N) is 1. The van der Waals surface area contributed by atoms with Crippen molar-refractivity contribution in [2.75, 3.05) is 13.1 Å². The lowest BCUT2D eigenvalue weighted by atomic mass is 9.49. The molecule has 5 N–H and O–H groups in total. The predicted octanol–water partition coefficient (Wildman–Crippen LogP) is 2.07. The van der Waals surface area contributed by atoms with Crippen LogP contribution in [0.5, 0.6) is 0 Å². The Balaban J connectivity index is 1.39. The molecule has 3 saturated heterocycles. The summed E-state index contributed by atoms with van der Waals surface area (Å²) in [6, 6.07) is -0.243. The molecule has 52 heavy (non-hydrogen) atoms. The molecule has 13 heteroatoms. The van der Waals surface area contributed by atoms with Gasteiger partial charge in [-0.05, 0) is 83.0 Å². The molecular formula is C39H61NO12. The molecule has 7 rings (SSSR count). The SMILES string of the molecule is CCC(C)C(=O)O[C@H]1[C@H](O)[C@H]2[C@@H](CN3C[C@@H](C)CC[C@H]3[C@@]2(C)O)[C@@H]2C[C@]34O[C@]5(O)[C@@H](OC(=O)C(C)(O)CC)CC[C@@]3(C)[C@@H]5C[C@@H](OC(C)=O)[C@H]4[C@@]21O. The second-order valence-corrected chi connectivity index (χ2v) is 18.6. The summed E-state index contributed by atoms with van der Waals surface area (Å²) in [5.41, 5.74) is -7.42. The van der Waals surface area contributed by atoms with Crippen molar-refractivity contribution in [3.63, 3.8) is 0 Å². The Labute approximate surface area is 306 Å². The third-order valence-corrected chi connectivity index (χ3v) is 15.7. The molecule has 0 amide bonds. The van der Waals surface area contributed by atoms with Gasteiger partial charge in [0.25, 0.3) is 0 Å². The van der Waals surface area contributed by atoms with Gasteiger partial charge in [-0.15, -0.1) is 0 Å². The van der Waals surface area contributed by atoms with Crippen molar-refractivity contribution < 1.29 is 58.9 Å². The smallest absolute Gasteiger partial charge is 0.338 e. The summed E-state index contributed by atoms with van der Waals surface area (Å²) < 4.78 is 25.2. The van der Waals surface area contributed by atoms with Crippen LogP contribution in [0.25, 0.3) is 0 Å². The number of carbonyl (C=O) groups is 3. The largest absolute Gasteiger partial charge is 0.462 e. The van der Waals surface area contributed by atoms with Crippen LogP contribution in [-0.2, 0) is 33.3 Å². The van der Waals surface area contributed by atoms with E-state index >= 15 is 0 Å². The van der Waals surface area contributed by atoms with Gasteiger partial charge in [-0.3, -0.25) is 14.5 Å². The monoisotopic (exact) mass is 735 g/mol. The zero-order chi connectivity index (χ0) is 38.1. The standard InChI is InChI=1S/C39H61NO12/c1-9-20(4)32(43)51-31-29(42)28-22(18-40-17-19(3)11-12-26(40)36(28,8)46)23-16-37-30(38(23,31)47)24(49-21(5)41)15-25-34(37,6)14-13-27(39(25,48)52-37)50-33(44)35(7,45)10-2/h19-20,22-31,42,45-48H,9-18H2,1-8H3/t19-,20?,22-,23-,24+,25-,26-,27-,28+,29+,30+,31-,34-,35?,36+,37+,38-,39-/m0/s1. The van der Waals surface area contributed by atoms with E-state index in [1.807, 2.05) is 13.8 Å². The summed E-state index contributed by atoms with van der Waals surface area (Å²) >= 11 is 0. The predicted molar refractivity (Wildman–Crippen MR) is 184 cm³/mol. The Bertz CT molecular complexity index is 1470. The second-order valence-electron chi connectivity index (χ2n) is 18.6. The molecule has 1 spiro atoms. The molecule has 4 aliphatic carbocycles. The van der Waals surface area contributed by atoms with Crippen molar-refractivity contribution in [1.29, 1.82) is 0 Å². The Morgan fingerprint density at radius 2 is 1.73 bits per heavy atom. The van der Waals surface area contributed by atoms with Crippen molar-refractivity contribution >= 4 is 17.9 Å². The fraction of sp³-hybridized carbons (Fsp3) is 0.923. The molecule has 7 fully saturated rings. The molecule has 0 aromatic carbocycles. The summed E-state index contributed by atoms with van der Waals surface area (Å²) in [6.45, 7) is 15.0. The Hall–Kier alpha value is -1.87. The first-order valence-corrected chi connectivity index (χ1v) is 19.7. The molecule has 0 aromatic rings. The molecule has 0 aromatic heterocycles. The first-order chi connectivity index (χ1) is 24.1. The van der Waals surface area contributed by atoms with Crippen molar-refractivity contribution in [3.05, 3.63) is 0 Å². The molecule has 4 saturated carbocycles. The van der Waals surface area contributed by atoms with E-state index in [-0.39, 0.29) is 31.7 Å². The maximum atomic E-state index is 13.7. The Morgan fingerprint density at radius 3 is 2.37 bits per heavy atom. The molecular weight excluding hydrogens is 674 g/mol. The molecule has 18 atom stereocenters. The quantitative estimate of drug-likeness (QED) is 0.189. The van der Waals surface area contributed by atoms with Crippen molar-refractivity contribution in [2.24, 2.45) is 46.8 Å². The van der Waals surface area contributed by atoms with Gasteiger partial charge in [0.05, 0.1) is 29.1 Å². The molecule has 13 nitrogen and oxygen atoms in total. The summed E-state index contributed by atoms with van der Waals surface area (Å²) in [7, 11) is 0. The number of rotatable bonds is 7. The highest BCUT2D eigenvalue weighted by atomic mass is 16.7. The molecule has 2 unspecified atom stereocenters.